The summed E-state index contributed by atoms with van der Waals surface area (Å²) in [6, 6.07) is 4.74. The van der Waals surface area contributed by atoms with Crippen molar-refractivity contribution in [3.05, 3.63) is 11.6 Å². The van der Waals surface area contributed by atoms with E-state index in [0.29, 0.717) is 12.3 Å². The molecule has 0 spiro atoms. The highest BCUT2D eigenvalue weighted by atomic mass is 14.5. The highest BCUT2D eigenvalue weighted by Gasteiger charge is 2.40. The van der Waals surface area contributed by atoms with Crippen LogP contribution in [-0.2, 0) is 0 Å². The van der Waals surface area contributed by atoms with Crippen molar-refractivity contribution in [1.29, 1.82) is 10.5 Å². The molecule has 0 aromatic rings. The van der Waals surface area contributed by atoms with Gasteiger partial charge in [0.1, 0.15) is 0 Å². The monoisotopic (exact) mass is 230 g/mol. The van der Waals surface area contributed by atoms with Crippen LogP contribution in [0.15, 0.2) is 11.6 Å². The van der Waals surface area contributed by atoms with Crippen molar-refractivity contribution in [2.75, 3.05) is 0 Å². The molecule has 0 aromatic heterocycles. The van der Waals surface area contributed by atoms with Crippen LogP contribution in [0.2, 0.25) is 0 Å². The lowest BCUT2D eigenvalue weighted by Crippen LogP contribution is -2.32. The molecule has 2 unspecified atom stereocenters. The van der Waals surface area contributed by atoms with Crippen LogP contribution in [0.5, 0.6) is 0 Å². The van der Waals surface area contributed by atoms with E-state index in [9.17, 15) is 5.26 Å². The Labute approximate surface area is 105 Å². The summed E-state index contributed by atoms with van der Waals surface area (Å²) >= 11 is 0. The average Bonchev–Trinajstić information content (AvgIpc) is 2.36. The minimum atomic E-state index is -0.274. The predicted octanol–water partition coefficient (Wildman–Crippen LogP) is 4.35. The van der Waals surface area contributed by atoms with Gasteiger partial charge in [0.15, 0.2) is 0 Å². The molecule has 2 nitrogen and oxygen atoms in total. The van der Waals surface area contributed by atoms with Gasteiger partial charge < -0.3 is 0 Å². The van der Waals surface area contributed by atoms with Gasteiger partial charge in [-0.25, -0.2) is 0 Å². The van der Waals surface area contributed by atoms with E-state index in [0.717, 1.165) is 38.5 Å². The third kappa shape index (κ3) is 2.89. The summed E-state index contributed by atoms with van der Waals surface area (Å²) in [7, 11) is 0. The van der Waals surface area contributed by atoms with Gasteiger partial charge in [-0.15, -0.1) is 0 Å². The molecule has 0 saturated carbocycles. The summed E-state index contributed by atoms with van der Waals surface area (Å²) in [6.07, 6.45) is 8.77. The van der Waals surface area contributed by atoms with E-state index in [1.54, 1.807) is 0 Å². The third-order valence-electron chi connectivity index (χ3n) is 3.96. The molecule has 0 saturated heterocycles. The van der Waals surface area contributed by atoms with Gasteiger partial charge in [-0.05, 0) is 38.0 Å². The fourth-order valence-corrected chi connectivity index (χ4v) is 3.17. The number of nitrogens with zero attached hydrogens (tertiary/aromatic N) is 2. The lowest BCUT2D eigenvalue weighted by molar-refractivity contribution is 0.213. The van der Waals surface area contributed by atoms with E-state index >= 15 is 0 Å². The highest BCUT2D eigenvalue weighted by molar-refractivity contribution is 5.21. The summed E-state index contributed by atoms with van der Waals surface area (Å²) in [5, 5.41) is 18.3. The van der Waals surface area contributed by atoms with Gasteiger partial charge in [0.2, 0.25) is 0 Å². The van der Waals surface area contributed by atoms with Crippen LogP contribution in [0, 0.1) is 34.0 Å². The summed E-state index contributed by atoms with van der Waals surface area (Å²) in [5.41, 5.74) is 1.18. The van der Waals surface area contributed by atoms with E-state index in [1.807, 2.05) is 0 Å². The van der Waals surface area contributed by atoms with Crippen LogP contribution >= 0.6 is 0 Å². The Hall–Kier alpha value is -1.28. The van der Waals surface area contributed by atoms with Gasteiger partial charge in [-0.2, -0.15) is 10.5 Å². The first-order valence-corrected chi connectivity index (χ1v) is 6.71. The van der Waals surface area contributed by atoms with E-state index in [1.165, 1.54) is 5.57 Å². The number of nitriles is 2. The molecule has 2 heteroatoms. The molecular formula is C15H22N2. The molecule has 0 fully saturated rings. The number of rotatable bonds is 5. The number of hydrogen-bond acceptors (Lipinski definition) is 2. The minimum Gasteiger partial charge on any atom is -0.198 e. The smallest absolute Gasteiger partial charge is 0.0696 e. The largest absolute Gasteiger partial charge is 0.198 e. The van der Waals surface area contributed by atoms with Crippen molar-refractivity contribution in [3.63, 3.8) is 0 Å². The highest BCUT2D eigenvalue weighted by Crippen LogP contribution is 2.47. The van der Waals surface area contributed by atoms with Crippen molar-refractivity contribution in [1.82, 2.24) is 0 Å². The molecule has 0 aromatic carbocycles. The van der Waals surface area contributed by atoms with Crippen LogP contribution in [0.25, 0.3) is 0 Å². The molecule has 1 aliphatic rings. The maximum Gasteiger partial charge on any atom is 0.0696 e. The molecule has 0 aliphatic heterocycles. The van der Waals surface area contributed by atoms with E-state index < -0.39 is 0 Å². The van der Waals surface area contributed by atoms with Crippen LogP contribution in [0.3, 0.4) is 0 Å². The van der Waals surface area contributed by atoms with Crippen molar-refractivity contribution in [2.45, 2.75) is 58.8 Å². The van der Waals surface area contributed by atoms with Crippen LogP contribution < -0.4 is 0 Å². The quantitative estimate of drug-likeness (QED) is 0.659. The third-order valence-corrected chi connectivity index (χ3v) is 3.96. The zero-order valence-electron chi connectivity index (χ0n) is 11.0. The Kier molecular flexibility index (Phi) is 5.23. The summed E-state index contributed by atoms with van der Waals surface area (Å²) in [5.74, 6) is 0.370. The maximum absolute atomic E-state index is 9.57. The van der Waals surface area contributed by atoms with E-state index in [2.05, 4.69) is 32.1 Å². The van der Waals surface area contributed by atoms with Gasteiger partial charge in [-0.3, -0.25) is 0 Å². The Bertz CT molecular complexity index is 356. The topological polar surface area (TPSA) is 47.6 Å². The van der Waals surface area contributed by atoms with E-state index in [-0.39, 0.29) is 5.41 Å². The van der Waals surface area contributed by atoms with Crippen LogP contribution in [-0.4, -0.2) is 0 Å². The Balaban J connectivity index is 2.94. The first-order valence-electron chi connectivity index (χ1n) is 6.71. The molecule has 1 rings (SSSR count). The number of hydrogen-bond donors (Lipinski definition) is 0. The first-order chi connectivity index (χ1) is 8.24. The fourth-order valence-electron chi connectivity index (χ4n) is 3.17. The molecule has 0 heterocycles. The zero-order chi connectivity index (χ0) is 12.7. The molecule has 2 atom stereocenters. The molecule has 17 heavy (non-hydrogen) atoms. The maximum atomic E-state index is 9.57. The molecule has 0 N–H and O–H groups in total. The fraction of sp³-hybridized carbons (Fsp3) is 0.733. The standard InChI is InChI=1S/C15H22N2/c1-3-7-13-8-5-9-15(12-17,10-6-11-16)14(13)4-2/h8,14H,3-7,9-10H2,1-2H3. The van der Waals surface area contributed by atoms with Crippen molar-refractivity contribution in [3.8, 4) is 12.1 Å². The molecule has 0 amide bonds. The van der Waals surface area contributed by atoms with Crippen LogP contribution in [0.1, 0.15) is 58.8 Å². The van der Waals surface area contributed by atoms with Gasteiger partial charge in [0.25, 0.3) is 0 Å². The Morgan fingerprint density at radius 3 is 2.71 bits per heavy atom. The first kappa shape index (κ1) is 13.8. The normalized spacial score (nSPS) is 28.0. The van der Waals surface area contributed by atoms with Gasteiger partial charge in [0, 0.05) is 6.42 Å². The second kappa shape index (κ2) is 6.45. The molecule has 0 bridgehead atoms. The molecule has 0 radical (unpaired) electrons. The van der Waals surface area contributed by atoms with E-state index in [4.69, 9.17) is 5.26 Å². The SMILES string of the molecule is CCCC1=CCCC(C#N)(CCC#N)C1CC. The molecule has 1 aliphatic carbocycles. The predicted molar refractivity (Wildman–Crippen MR) is 68.9 cm³/mol. The van der Waals surface area contributed by atoms with Crippen molar-refractivity contribution < 1.29 is 0 Å². The van der Waals surface area contributed by atoms with Gasteiger partial charge in [-0.1, -0.05) is 31.9 Å². The average molecular weight is 230 g/mol. The Morgan fingerprint density at radius 2 is 2.18 bits per heavy atom. The second-order valence-electron chi connectivity index (χ2n) is 4.95. The molecular weight excluding hydrogens is 208 g/mol. The van der Waals surface area contributed by atoms with Crippen LogP contribution in [0.4, 0.5) is 0 Å². The zero-order valence-corrected chi connectivity index (χ0v) is 11.0. The lowest BCUT2D eigenvalue weighted by Gasteiger charge is -2.39. The Morgan fingerprint density at radius 1 is 1.41 bits per heavy atom. The molecule has 92 valence electrons. The van der Waals surface area contributed by atoms with Crippen molar-refractivity contribution >= 4 is 0 Å². The van der Waals surface area contributed by atoms with Gasteiger partial charge in [0.05, 0.1) is 17.6 Å². The minimum absolute atomic E-state index is 0.274. The van der Waals surface area contributed by atoms with Gasteiger partial charge >= 0.3 is 0 Å². The summed E-state index contributed by atoms with van der Waals surface area (Å²) in [6.45, 7) is 4.35. The second-order valence-corrected chi connectivity index (χ2v) is 4.95. The lowest BCUT2D eigenvalue weighted by atomic mass is 9.63. The van der Waals surface area contributed by atoms with Crippen molar-refractivity contribution in [2.24, 2.45) is 11.3 Å². The summed E-state index contributed by atoms with van der Waals surface area (Å²) < 4.78 is 0. The summed E-state index contributed by atoms with van der Waals surface area (Å²) in [4.78, 5) is 0. The number of allylic oxidation sites excluding steroid dienone is 2.